The molecule has 0 aliphatic rings. The second-order valence-electron chi connectivity index (χ2n) is 8.63. The standard InChI is InChI=1S/C28H31N2O3P/c31-34(32,33)20-6-18-29-21-25-16-17-26(27-11-5-19-30-28(25)27)24-14-12-23(13-15-24)10-4-9-22-7-2-1-3-8-22/h1-3,5,7-8,11-17,19,29H,4,6,9-10,18,20-21H2,(H2,31,32,33). The van der Waals surface area contributed by atoms with Crippen LogP contribution < -0.4 is 5.32 Å². The van der Waals surface area contributed by atoms with Gasteiger partial charge in [0.15, 0.2) is 0 Å². The first-order chi connectivity index (χ1) is 16.5. The van der Waals surface area contributed by atoms with Gasteiger partial charge < -0.3 is 15.1 Å². The number of aryl methyl sites for hydroxylation is 2. The molecule has 3 N–H and O–H groups in total. The van der Waals surface area contributed by atoms with Crippen LogP contribution in [0.2, 0.25) is 0 Å². The zero-order chi connectivity index (χ0) is 23.8. The number of pyridine rings is 1. The highest BCUT2D eigenvalue weighted by Crippen LogP contribution is 2.34. The van der Waals surface area contributed by atoms with Crippen LogP contribution in [0.5, 0.6) is 0 Å². The Morgan fingerprint density at radius 2 is 1.53 bits per heavy atom. The Morgan fingerprint density at radius 1 is 0.794 bits per heavy atom. The van der Waals surface area contributed by atoms with Crippen molar-refractivity contribution in [3.05, 3.63) is 102 Å². The Kier molecular flexibility index (Phi) is 8.25. The second-order valence-corrected chi connectivity index (χ2v) is 10.4. The van der Waals surface area contributed by atoms with E-state index < -0.39 is 7.60 Å². The van der Waals surface area contributed by atoms with E-state index >= 15 is 0 Å². The Labute approximate surface area is 201 Å². The lowest BCUT2D eigenvalue weighted by Gasteiger charge is -2.12. The summed E-state index contributed by atoms with van der Waals surface area (Å²) in [6.45, 7) is 1.15. The maximum atomic E-state index is 11.0. The van der Waals surface area contributed by atoms with Crippen LogP contribution in [0.15, 0.2) is 85.1 Å². The summed E-state index contributed by atoms with van der Waals surface area (Å²) in [6.07, 6.45) is 5.43. The fourth-order valence-corrected chi connectivity index (χ4v) is 4.82. The molecule has 0 atom stereocenters. The highest BCUT2D eigenvalue weighted by atomic mass is 31.2. The average molecular weight is 475 g/mol. The van der Waals surface area contributed by atoms with Gasteiger partial charge in [-0.1, -0.05) is 72.8 Å². The van der Waals surface area contributed by atoms with Gasteiger partial charge in [0, 0.05) is 18.1 Å². The van der Waals surface area contributed by atoms with E-state index in [0.717, 1.165) is 41.3 Å². The lowest BCUT2D eigenvalue weighted by Crippen LogP contribution is -2.16. The van der Waals surface area contributed by atoms with Crippen LogP contribution in [0.1, 0.15) is 29.5 Å². The monoisotopic (exact) mass is 474 g/mol. The topological polar surface area (TPSA) is 82.5 Å². The van der Waals surface area contributed by atoms with Crippen LogP contribution in [0.25, 0.3) is 22.0 Å². The van der Waals surface area contributed by atoms with Crippen molar-refractivity contribution in [2.24, 2.45) is 0 Å². The third-order valence-electron chi connectivity index (χ3n) is 6.01. The van der Waals surface area contributed by atoms with Crippen LogP contribution >= 0.6 is 7.60 Å². The highest BCUT2D eigenvalue weighted by molar-refractivity contribution is 7.51. The number of nitrogens with one attached hydrogen (secondary N) is 1. The summed E-state index contributed by atoms with van der Waals surface area (Å²) in [5.41, 5.74) is 7.09. The molecule has 0 saturated heterocycles. The van der Waals surface area contributed by atoms with Crippen LogP contribution in [-0.2, 0) is 24.0 Å². The zero-order valence-corrected chi connectivity index (χ0v) is 20.1. The molecule has 0 bridgehead atoms. The largest absolute Gasteiger partial charge is 0.325 e. The van der Waals surface area contributed by atoms with Crippen LogP contribution in [0, 0.1) is 0 Å². The molecule has 0 radical (unpaired) electrons. The van der Waals surface area contributed by atoms with Crippen molar-refractivity contribution in [2.75, 3.05) is 12.7 Å². The highest BCUT2D eigenvalue weighted by Gasteiger charge is 2.12. The summed E-state index contributed by atoms with van der Waals surface area (Å²) >= 11 is 0. The number of benzene rings is 3. The Bertz CT molecular complexity index is 1250. The molecule has 0 saturated carbocycles. The lowest BCUT2D eigenvalue weighted by molar-refractivity contribution is 0.371. The Morgan fingerprint density at radius 3 is 2.26 bits per heavy atom. The van der Waals surface area contributed by atoms with E-state index in [0.29, 0.717) is 19.5 Å². The molecule has 4 rings (SSSR count). The number of nitrogens with zero attached hydrogens (tertiary/aromatic N) is 1. The van der Waals surface area contributed by atoms with E-state index in [-0.39, 0.29) is 6.16 Å². The predicted octanol–water partition coefficient (Wildman–Crippen LogP) is 5.73. The van der Waals surface area contributed by atoms with E-state index in [1.54, 1.807) is 6.20 Å². The van der Waals surface area contributed by atoms with Gasteiger partial charge in [-0.15, -0.1) is 0 Å². The third-order valence-corrected chi connectivity index (χ3v) is 6.91. The van der Waals surface area contributed by atoms with E-state index in [4.69, 9.17) is 9.79 Å². The van der Waals surface area contributed by atoms with Gasteiger partial charge in [-0.2, -0.15) is 0 Å². The molecular weight excluding hydrogens is 443 g/mol. The molecule has 5 nitrogen and oxygen atoms in total. The molecule has 0 aliphatic heterocycles. The molecule has 3 aromatic carbocycles. The van der Waals surface area contributed by atoms with Crippen LogP contribution in [-0.4, -0.2) is 27.5 Å². The van der Waals surface area contributed by atoms with E-state index in [1.165, 1.54) is 16.7 Å². The molecular formula is C28H31N2O3P. The van der Waals surface area contributed by atoms with E-state index in [2.05, 4.69) is 83.1 Å². The zero-order valence-electron chi connectivity index (χ0n) is 19.2. The summed E-state index contributed by atoms with van der Waals surface area (Å²) in [5, 5.41) is 4.39. The molecule has 0 fully saturated rings. The van der Waals surface area contributed by atoms with E-state index in [1.807, 2.05) is 6.07 Å². The van der Waals surface area contributed by atoms with Crippen molar-refractivity contribution >= 4 is 18.5 Å². The SMILES string of the molecule is O=P(O)(O)CCCNCc1ccc(-c2ccc(CCCc3ccccc3)cc2)c2cccnc12. The van der Waals surface area contributed by atoms with Crippen molar-refractivity contribution < 1.29 is 14.4 Å². The summed E-state index contributed by atoms with van der Waals surface area (Å²) in [4.78, 5) is 22.6. The first-order valence-corrected chi connectivity index (χ1v) is 13.5. The quantitative estimate of drug-likeness (QED) is 0.191. The molecule has 0 unspecified atom stereocenters. The predicted molar refractivity (Wildman–Crippen MR) is 139 cm³/mol. The maximum absolute atomic E-state index is 11.0. The molecule has 0 amide bonds. The van der Waals surface area contributed by atoms with Crippen LogP contribution in [0.3, 0.4) is 0 Å². The van der Waals surface area contributed by atoms with Gasteiger partial charge in [-0.05, 0) is 66.1 Å². The van der Waals surface area contributed by atoms with Gasteiger partial charge in [0.2, 0.25) is 0 Å². The lowest BCUT2D eigenvalue weighted by atomic mass is 9.96. The minimum Gasteiger partial charge on any atom is -0.324 e. The summed E-state index contributed by atoms with van der Waals surface area (Å²) in [6, 6.07) is 27.7. The van der Waals surface area contributed by atoms with Crippen molar-refractivity contribution in [2.45, 2.75) is 32.2 Å². The van der Waals surface area contributed by atoms with Crippen molar-refractivity contribution in [1.29, 1.82) is 0 Å². The summed E-state index contributed by atoms with van der Waals surface area (Å²) in [7, 11) is -3.93. The molecule has 1 aromatic heterocycles. The molecule has 0 spiro atoms. The third kappa shape index (κ3) is 6.85. The number of hydrogen-bond acceptors (Lipinski definition) is 3. The molecule has 1 heterocycles. The molecule has 0 aliphatic carbocycles. The van der Waals surface area contributed by atoms with Gasteiger partial charge in [-0.25, -0.2) is 0 Å². The van der Waals surface area contributed by atoms with E-state index in [9.17, 15) is 4.57 Å². The number of rotatable bonds is 11. The Balaban J connectivity index is 1.41. The van der Waals surface area contributed by atoms with Gasteiger partial charge in [0.05, 0.1) is 11.7 Å². The molecule has 4 aromatic rings. The molecule has 176 valence electrons. The van der Waals surface area contributed by atoms with Gasteiger partial charge in [0.25, 0.3) is 0 Å². The van der Waals surface area contributed by atoms with Crippen molar-refractivity contribution in [1.82, 2.24) is 10.3 Å². The van der Waals surface area contributed by atoms with Gasteiger partial charge in [0.1, 0.15) is 0 Å². The summed E-state index contributed by atoms with van der Waals surface area (Å²) < 4.78 is 11.0. The maximum Gasteiger partial charge on any atom is 0.325 e. The average Bonchev–Trinajstić information content (AvgIpc) is 2.84. The smallest absolute Gasteiger partial charge is 0.324 e. The number of fused-ring (bicyclic) bond motifs is 1. The van der Waals surface area contributed by atoms with Gasteiger partial charge in [-0.3, -0.25) is 9.55 Å². The molecule has 34 heavy (non-hydrogen) atoms. The summed E-state index contributed by atoms with van der Waals surface area (Å²) in [5.74, 6) is 0. The minimum absolute atomic E-state index is 0.0970. The first-order valence-electron chi connectivity index (χ1n) is 11.7. The second kappa shape index (κ2) is 11.5. The Hall–Kier alpha value is -2.82. The normalized spacial score (nSPS) is 11.7. The first kappa shape index (κ1) is 24.3. The molecule has 6 heteroatoms. The van der Waals surface area contributed by atoms with Crippen LogP contribution in [0.4, 0.5) is 0 Å². The number of hydrogen-bond donors (Lipinski definition) is 3. The minimum atomic E-state index is -3.93. The number of aromatic nitrogens is 1. The fraction of sp³-hybridized carbons (Fsp3) is 0.250. The van der Waals surface area contributed by atoms with Gasteiger partial charge >= 0.3 is 7.60 Å². The van der Waals surface area contributed by atoms with Crippen molar-refractivity contribution in [3.63, 3.8) is 0 Å². The van der Waals surface area contributed by atoms with Crippen molar-refractivity contribution in [3.8, 4) is 11.1 Å². The fourth-order valence-electron chi connectivity index (χ4n) is 4.25.